The van der Waals surface area contributed by atoms with Crippen molar-refractivity contribution in [3.8, 4) is 0 Å². The van der Waals surface area contributed by atoms with E-state index in [-0.39, 0.29) is 18.0 Å². The first-order valence-electron chi connectivity index (χ1n) is 8.83. The molecular weight excluding hydrogens is 346 g/mol. The zero-order chi connectivity index (χ0) is 19.4. The van der Waals surface area contributed by atoms with E-state index in [1.54, 1.807) is 18.3 Å². The van der Waals surface area contributed by atoms with Crippen LogP contribution in [0.5, 0.6) is 0 Å². The maximum absolute atomic E-state index is 12.3. The molecular formula is C19H23N5O3. The van der Waals surface area contributed by atoms with Crippen molar-refractivity contribution in [1.82, 2.24) is 14.9 Å². The van der Waals surface area contributed by atoms with Crippen molar-refractivity contribution < 1.29 is 14.7 Å². The number of nitrogens with one attached hydrogen (secondary N) is 1. The Labute approximate surface area is 157 Å². The molecule has 0 atom stereocenters. The van der Waals surface area contributed by atoms with E-state index in [4.69, 9.17) is 5.11 Å². The molecule has 1 aromatic heterocycles. The first-order chi connectivity index (χ1) is 12.9. The minimum atomic E-state index is -1.02. The van der Waals surface area contributed by atoms with Gasteiger partial charge in [0.05, 0.1) is 23.5 Å². The van der Waals surface area contributed by atoms with Gasteiger partial charge in [0.15, 0.2) is 0 Å². The van der Waals surface area contributed by atoms with Gasteiger partial charge >= 0.3 is 5.97 Å². The lowest BCUT2D eigenvalue weighted by Crippen LogP contribution is -2.49. The van der Waals surface area contributed by atoms with Crippen molar-refractivity contribution in [1.29, 1.82) is 0 Å². The third-order valence-electron chi connectivity index (χ3n) is 4.48. The molecule has 2 N–H and O–H groups in total. The van der Waals surface area contributed by atoms with Gasteiger partial charge in [-0.05, 0) is 32.0 Å². The Morgan fingerprint density at radius 3 is 2.63 bits per heavy atom. The van der Waals surface area contributed by atoms with E-state index in [2.05, 4.69) is 25.1 Å². The lowest BCUT2D eigenvalue weighted by atomic mass is 10.2. The summed E-state index contributed by atoms with van der Waals surface area (Å²) in [6, 6.07) is 6.25. The summed E-state index contributed by atoms with van der Waals surface area (Å²) in [5, 5.41) is 11.8. The zero-order valence-corrected chi connectivity index (χ0v) is 15.5. The van der Waals surface area contributed by atoms with Crippen LogP contribution in [0.1, 0.15) is 21.7 Å². The van der Waals surface area contributed by atoms with Crippen LogP contribution in [-0.2, 0) is 4.79 Å². The summed E-state index contributed by atoms with van der Waals surface area (Å²) in [6.07, 6.45) is 1.76. The fourth-order valence-electron chi connectivity index (χ4n) is 3.08. The van der Waals surface area contributed by atoms with Crippen LogP contribution in [0, 0.1) is 13.8 Å². The van der Waals surface area contributed by atoms with Crippen LogP contribution in [0.15, 0.2) is 30.5 Å². The maximum Gasteiger partial charge on any atom is 0.335 e. The fourth-order valence-corrected chi connectivity index (χ4v) is 3.08. The van der Waals surface area contributed by atoms with Crippen LogP contribution < -0.4 is 10.2 Å². The number of aromatic carboxylic acids is 1. The van der Waals surface area contributed by atoms with Crippen molar-refractivity contribution in [2.24, 2.45) is 0 Å². The van der Waals surface area contributed by atoms with Crippen molar-refractivity contribution >= 4 is 23.4 Å². The van der Waals surface area contributed by atoms with E-state index in [9.17, 15) is 9.59 Å². The number of carboxylic acids is 1. The molecule has 1 saturated heterocycles. The Hall–Kier alpha value is -3.00. The van der Waals surface area contributed by atoms with E-state index in [1.165, 1.54) is 12.1 Å². The average molecular weight is 369 g/mol. The van der Waals surface area contributed by atoms with Crippen LogP contribution in [0.4, 0.5) is 11.5 Å². The summed E-state index contributed by atoms with van der Waals surface area (Å²) in [7, 11) is 0. The SMILES string of the molecule is Cc1cnc(C)c(N2CCN(CC(=O)Nc3cccc(C(=O)O)c3)CC2)n1. The summed E-state index contributed by atoms with van der Waals surface area (Å²) < 4.78 is 0. The van der Waals surface area contributed by atoms with Crippen molar-refractivity contribution in [3.05, 3.63) is 47.4 Å². The molecule has 27 heavy (non-hydrogen) atoms. The second-order valence-corrected chi connectivity index (χ2v) is 6.62. The van der Waals surface area contributed by atoms with Gasteiger partial charge in [0.25, 0.3) is 0 Å². The van der Waals surface area contributed by atoms with Crippen molar-refractivity contribution in [2.45, 2.75) is 13.8 Å². The molecule has 0 bridgehead atoms. The van der Waals surface area contributed by atoms with Crippen LogP contribution in [0.2, 0.25) is 0 Å². The molecule has 3 rings (SSSR count). The van der Waals surface area contributed by atoms with Gasteiger partial charge in [0, 0.05) is 38.1 Å². The first-order valence-corrected chi connectivity index (χ1v) is 8.83. The number of aromatic nitrogens is 2. The molecule has 1 aliphatic rings. The second-order valence-electron chi connectivity index (χ2n) is 6.62. The van der Waals surface area contributed by atoms with Gasteiger partial charge in [-0.1, -0.05) is 6.07 Å². The summed E-state index contributed by atoms with van der Waals surface area (Å²) >= 11 is 0. The van der Waals surface area contributed by atoms with Crippen molar-refractivity contribution in [2.75, 3.05) is 42.9 Å². The Morgan fingerprint density at radius 2 is 1.93 bits per heavy atom. The zero-order valence-electron chi connectivity index (χ0n) is 15.5. The Balaban J connectivity index is 1.53. The number of anilines is 2. The van der Waals surface area contributed by atoms with E-state index >= 15 is 0 Å². The molecule has 2 heterocycles. The highest BCUT2D eigenvalue weighted by Gasteiger charge is 2.21. The van der Waals surface area contributed by atoms with Gasteiger partial charge in [-0.25, -0.2) is 9.78 Å². The minimum absolute atomic E-state index is 0.149. The standard InChI is InChI=1S/C19H23N5O3/c1-13-11-20-14(2)18(21-13)24-8-6-23(7-9-24)12-17(25)22-16-5-3-4-15(10-16)19(26)27/h3-5,10-11H,6-9,12H2,1-2H3,(H,22,25)(H,26,27). The monoisotopic (exact) mass is 369 g/mol. The van der Waals surface area contributed by atoms with Gasteiger partial charge in [0.1, 0.15) is 5.82 Å². The number of hydrogen-bond donors (Lipinski definition) is 2. The molecule has 1 aromatic carbocycles. The molecule has 8 heteroatoms. The van der Waals surface area contributed by atoms with Gasteiger partial charge in [0.2, 0.25) is 5.91 Å². The Bertz CT molecular complexity index is 847. The number of hydrogen-bond acceptors (Lipinski definition) is 6. The van der Waals surface area contributed by atoms with Gasteiger partial charge in [-0.15, -0.1) is 0 Å². The number of rotatable bonds is 5. The average Bonchev–Trinajstić information content (AvgIpc) is 2.64. The second kappa shape index (κ2) is 8.13. The summed E-state index contributed by atoms with van der Waals surface area (Å²) in [5.74, 6) is -0.265. The van der Waals surface area contributed by atoms with Crippen LogP contribution >= 0.6 is 0 Å². The normalized spacial score (nSPS) is 14.8. The molecule has 2 aromatic rings. The largest absolute Gasteiger partial charge is 0.478 e. The maximum atomic E-state index is 12.3. The lowest BCUT2D eigenvalue weighted by Gasteiger charge is -2.35. The first kappa shape index (κ1) is 18.8. The number of piperazine rings is 1. The summed E-state index contributed by atoms with van der Waals surface area (Å²) in [5.41, 5.74) is 2.44. The molecule has 0 unspecified atom stereocenters. The van der Waals surface area contributed by atoms with Crippen LogP contribution in [0.3, 0.4) is 0 Å². The van der Waals surface area contributed by atoms with Gasteiger partial charge in [-0.2, -0.15) is 0 Å². The molecule has 142 valence electrons. The van der Waals surface area contributed by atoms with Gasteiger partial charge in [-0.3, -0.25) is 14.7 Å². The third-order valence-corrected chi connectivity index (χ3v) is 4.48. The summed E-state index contributed by atoms with van der Waals surface area (Å²) in [6.45, 7) is 7.20. The Kier molecular flexibility index (Phi) is 5.66. The fraction of sp³-hybridized carbons (Fsp3) is 0.368. The van der Waals surface area contributed by atoms with Crippen molar-refractivity contribution in [3.63, 3.8) is 0 Å². The summed E-state index contributed by atoms with van der Waals surface area (Å²) in [4.78, 5) is 36.5. The van der Waals surface area contributed by atoms with Crippen LogP contribution in [-0.4, -0.2) is 64.6 Å². The number of nitrogens with zero attached hydrogens (tertiary/aromatic N) is 4. The third kappa shape index (κ3) is 4.79. The molecule has 1 amide bonds. The number of carbonyl (C=O) groups excluding carboxylic acids is 1. The van der Waals surface area contributed by atoms with Gasteiger partial charge < -0.3 is 15.3 Å². The number of carboxylic acid groups (broad SMARTS) is 1. The Morgan fingerprint density at radius 1 is 1.19 bits per heavy atom. The predicted molar refractivity (Wildman–Crippen MR) is 102 cm³/mol. The highest BCUT2D eigenvalue weighted by Crippen LogP contribution is 2.17. The molecule has 1 fully saturated rings. The van der Waals surface area contributed by atoms with Crippen LogP contribution in [0.25, 0.3) is 0 Å². The molecule has 1 aliphatic heterocycles. The molecule has 0 radical (unpaired) electrons. The smallest absolute Gasteiger partial charge is 0.335 e. The quantitative estimate of drug-likeness (QED) is 0.825. The molecule has 8 nitrogen and oxygen atoms in total. The number of benzene rings is 1. The van der Waals surface area contributed by atoms with E-state index in [1.807, 2.05) is 13.8 Å². The highest BCUT2D eigenvalue weighted by atomic mass is 16.4. The van der Waals surface area contributed by atoms with E-state index < -0.39 is 5.97 Å². The number of amides is 1. The molecule has 0 aliphatic carbocycles. The minimum Gasteiger partial charge on any atom is -0.478 e. The van der Waals surface area contributed by atoms with E-state index in [0.717, 1.165) is 43.4 Å². The molecule has 0 spiro atoms. The molecule has 0 saturated carbocycles. The number of carbonyl (C=O) groups is 2. The lowest BCUT2D eigenvalue weighted by molar-refractivity contribution is -0.117. The van der Waals surface area contributed by atoms with E-state index in [0.29, 0.717) is 5.69 Å². The topological polar surface area (TPSA) is 98.7 Å². The number of aryl methyl sites for hydroxylation is 2. The highest BCUT2D eigenvalue weighted by molar-refractivity contribution is 5.94. The predicted octanol–water partition coefficient (Wildman–Crippen LogP) is 1.55.